The number of likely N-dealkylation sites (tertiary alicyclic amines) is 1. The van der Waals surface area contributed by atoms with Gasteiger partial charge in [0.15, 0.2) is 0 Å². The number of methoxy groups -OCH3 is 1. The number of carbonyl (C=O) groups excluding carboxylic acids is 1. The molecule has 0 N–H and O–H groups in total. The van der Waals surface area contributed by atoms with E-state index in [1.165, 1.54) is 5.57 Å². The monoisotopic (exact) mass is 389 g/mol. The van der Waals surface area contributed by atoms with Gasteiger partial charge in [-0.25, -0.2) is 4.79 Å². The number of allylic oxidation sites excluding steroid dienone is 1. The van der Waals surface area contributed by atoms with Gasteiger partial charge in [0.05, 0.1) is 26.5 Å². The summed E-state index contributed by atoms with van der Waals surface area (Å²) >= 11 is 0. The normalized spacial score (nSPS) is 42.1. The van der Waals surface area contributed by atoms with E-state index in [0.29, 0.717) is 25.3 Å². The Balaban J connectivity index is 1.45. The third-order valence-electron chi connectivity index (χ3n) is 7.04. The lowest BCUT2D eigenvalue weighted by atomic mass is 9.68. The van der Waals surface area contributed by atoms with Crippen LogP contribution in [-0.2, 0) is 18.9 Å². The standard InChI is InChI=1S/C21H32BNO5/c1-13(2)5-6-16-20(3,28-16)18-17(25-4)15(7-8-21(18)12-26-21)27-19(24)23-10-14(9-22)11-23/h5,14-18H,6-12H2,1-4H3/t15-,16?,17-,18?,20?,21?/m1/s1. The lowest BCUT2D eigenvalue weighted by molar-refractivity contribution is -0.124. The SMILES string of the molecule is [B]CC1CN(C(=O)O[C@@H]2CCC3(CO3)C(C3(C)OC3CC=C(C)C)[C@@H]2OC)C1. The molecule has 1 saturated carbocycles. The highest BCUT2D eigenvalue weighted by molar-refractivity contribution is 6.08. The molecule has 1 aliphatic carbocycles. The molecule has 7 heteroatoms. The largest absolute Gasteiger partial charge is 0.443 e. The summed E-state index contributed by atoms with van der Waals surface area (Å²) in [7, 11) is 7.36. The average Bonchev–Trinajstić information content (AvgIpc) is 3.51. The van der Waals surface area contributed by atoms with Crippen LogP contribution in [0.5, 0.6) is 0 Å². The van der Waals surface area contributed by atoms with Crippen LogP contribution < -0.4 is 0 Å². The predicted octanol–water partition coefficient (Wildman–Crippen LogP) is 2.72. The Hall–Kier alpha value is -1.05. The number of rotatable bonds is 6. The molecule has 154 valence electrons. The topological polar surface area (TPSA) is 63.8 Å². The quantitative estimate of drug-likeness (QED) is 0.397. The van der Waals surface area contributed by atoms with Crippen LogP contribution in [0.3, 0.4) is 0 Å². The van der Waals surface area contributed by atoms with Crippen molar-refractivity contribution in [3.63, 3.8) is 0 Å². The van der Waals surface area contributed by atoms with Gasteiger partial charge < -0.3 is 23.8 Å². The van der Waals surface area contributed by atoms with Crippen LogP contribution in [0.15, 0.2) is 11.6 Å². The summed E-state index contributed by atoms with van der Waals surface area (Å²) in [6, 6.07) is 0. The van der Waals surface area contributed by atoms with Crippen molar-refractivity contribution in [2.45, 2.75) is 75.9 Å². The minimum absolute atomic E-state index is 0.0558. The predicted molar refractivity (Wildman–Crippen MR) is 105 cm³/mol. The van der Waals surface area contributed by atoms with E-state index in [-0.39, 0.29) is 41.5 Å². The number of ether oxygens (including phenoxy) is 4. The Morgan fingerprint density at radius 1 is 1.36 bits per heavy atom. The van der Waals surface area contributed by atoms with Gasteiger partial charge in [-0.15, -0.1) is 0 Å². The van der Waals surface area contributed by atoms with Crippen molar-refractivity contribution >= 4 is 13.9 Å². The molecule has 1 spiro atoms. The summed E-state index contributed by atoms with van der Waals surface area (Å²) in [6.45, 7) is 8.46. The van der Waals surface area contributed by atoms with Gasteiger partial charge in [0.25, 0.3) is 0 Å². The number of epoxide rings is 2. The van der Waals surface area contributed by atoms with Gasteiger partial charge in [0, 0.05) is 20.2 Å². The minimum Gasteiger partial charge on any atom is -0.443 e. The summed E-state index contributed by atoms with van der Waals surface area (Å²) in [5.41, 5.74) is 0.786. The highest BCUT2D eigenvalue weighted by atomic mass is 16.6. The van der Waals surface area contributed by atoms with E-state index in [1.54, 1.807) is 12.0 Å². The van der Waals surface area contributed by atoms with Gasteiger partial charge in [-0.05, 0) is 46.0 Å². The molecule has 6 nitrogen and oxygen atoms in total. The molecule has 4 aliphatic rings. The second-order valence-corrected chi connectivity index (χ2v) is 9.31. The first-order valence-electron chi connectivity index (χ1n) is 10.5. The van der Waals surface area contributed by atoms with E-state index in [2.05, 4.69) is 26.8 Å². The molecule has 0 aromatic carbocycles. The maximum atomic E-state index is 12.5. The molecular weight excluding hydrogens is 357 g/mol. The number of amides is 1. The maximum Gasteiger partial charge on any atom is 0.410 e. The van der Waals surface area contributed by atoms with Crippen molar-refractivity contribution in [1.29, 1.82) is 0 Å². The van der Waals surface area contributed by atoms with Crippen LogP contribution in [0.4, 0.5) is 4.79 Å². The first-order chi connectivity index (χ1) is 13.3. The van der Waals surface area contributed by atoms with Crippen LogP contribution in [0.1, 0.15) is 40.0 Å². The van der Waals surface area contributed by atoms with E-state index in [0.717, 1.165) is 25.9 Å². The Labute approximate surface area is 169 Å². The fourth-order valence-electron chi connectivity index (χ4n) is 5.14. The van der Waals surface area contributed by atoms with E-state index >= 15 is 0 Å². The van der Waals surface area contributed by atoms with Gasteiger partial charge in [-0.2, -0.15) is 0 Å². The molecule has 0 bridgehead atoms. The van der Waals surface area contributed by atoms with Crippen molar-refractivity contribution in [3.05, 3.63) is 11.6 Å². The van der Waals surface area contributed by atoms with Gasteiger partial charge in [-0.1, -0.05) is 18.0 Å². The zero-order valence-corrected chi connectivity index (χ0v) is 17.5. The third-order valence-corrected chi connectivity index (χ3v) is 7.04. The molecule has 6 atom stereocenters. The summed E-state index contributed by atoms with van der Waals surface area (Å²) in [4.78, 5) is 14.3. The summed E-state index contributed by atoms with van der Waals surface area (Å²) < 4.78 is 24.0. The lowest BCUT2D eigenvalue weighted by Gasteiger charge is -2.44. The molecule has 0 aromatic heterocycles. The van der Waals surface area contributed by atoms with Crippen LogP contribution >= 0.6 is 0 Å². The zero-order chi connectivity index (χ0) is 20.1. The van der Waals surface area contributed by atoms with Gasteiger partial charge in [0.1, 0.15) is 23.4 Å². The zero-order valence-electron chi connectivity index (χ0n) is 17.5. The van der Waals surface area contributed by atoms with Crippen LogP contribution in [-0.4, -0.2) is 75.2 Å². The van der Waals surface area contributed by atoms with Crippen molar-refractivity contribution in [1.82, 2.24) is 4.90 Å². The number of hydrogen-bond donors (Lipinski definition) is 0. The number of nitrogens with zero attached hydrogens (tertiary/aromatic N) is 1. The van der Waals surface area contributed by atoms with Gasteiger partial charge >= 0.3 is 6.09 Å². The Bertz CT molecular complexity index is 641. The Morgan fingerprint density at radius 2 is 2.07 bits per heavy atom. The molecule has 1 amide bonds. The average molecular weight is 389 g/mol. The maximum absolute atomic E-state index is 12.5. The third kappa shape index (κ3) is 3.50. The highest BCUT2D eigenvalue weighted by Crippen LogP contribution is 2.59. The minimum atomic E-state index is -0.310. The van der Waals surface area contributed by atoms with Crippen molar-refractivity contribution in [2.75, 3.05) is 26.8 Å². The molecule has 28 heavy (non-hydrogen) atoms. The molecule has 3 aliphatic heterocycles. The summed E-state index contributed by atoms with van der Waals surface area (Å²) in [6.07, 6.45) is 4.73. The van der Waals surface area contributed by atoms with E-state index in [9.17, 15) is 4.79 Å². The Kier molecular flexibility index (Phi) is 5.30. The highest BCUT2D eigenvalue weighted by Gasteiger charge is 2.72. The molecule has 2 radical (unpaired) electrons. The second-order valence-electron chi connectivity index (χ2n) is 9.31. The molecular formula is C21H32BNO5. The van der Waals surface area contributed by atoms with Crippen molar-refractivity contribution in [2.24, 2.45) is 11.8 Å². The van der Waals surface area contributed by atoms with Gasteiger partial charge in [0.2, 0.25) is 0 Å². The smallest absolute Gasteiger partial charge is 0.410 e. The second kappa shape index (κ2) is 7.33. The van der Waals surface area contributed by atoms with Gasteiger partial charge in [-0.3, -0.25) is 0 Å². The van der Waals surface area contributed by atoms with E-state index < -0.39 is 0 Å². The fraction of sp³-hybridized carbons (Fsp3) is 0.857. The lowest BCUT2D eigenvalue weighted by Crippen LogP contribution is -2.57. The first-order valence-corrected chi connectivity index (χ1v) is 10.5. The van der Waals surface area contributed by atoms with E-state index in [4.69, 9.17) is 26.8 Å². The summed E-state index contributed by atoms with van der Waals surface area (Å²) in [5, 5.41) is 0. The molecule has 4 unspecified atom stereocenters. The molecule has 0 aromatic rings. The van der Waals surface area contributed by atoms with Crippen LogP contribution in [0.25, 0.3) is 0 Å². The molecule has 3 heterocycles. The Morgan fingerprint density at radius 3 is 2.64 bits per heavy atom. The van der Waals surface area contributed by atoms with Crippen LogP contribution in [0.2, 0.25) is 6.32 Å². The number of carbonyl (C=O) groups is 1. The first kappa shape index (κ1) is 20.2. The van der Waals surface area contributed by atoms with E-state index in [1.807, 2.05) is 0 Å². The summed E-state index contributed by atoms with van der Waals surface area (Å²) in [5.74, 6) is 0.447. The van der Waals surface area contributed by atoms with Crippen molar-refractivity contribution < 1.29 is 23.7 Å². The molecule has 4 rings (SSSR count). The van der Waals surface area contributed by atoms with Crippen molar-refractivity contribution in [3.8, 4) is 0 Å². The molecule has 3 saturated heterocycles. The molecule has 4 fully saturated rings. The van der Waals surface area contributed by atoms with Crippen LogP contribution in [0, 0.1) is 11.8 Å². The number of hydrogen-bond acceptors (Lipinski definition) is 5. The fourth-order valence-corrected chi connectivity index (χ4v) is 5.14.